The van der Waals surface area contributed by atoms with Crippen LogP contribution in [-0.2, 0) is 0 Å². The van der Waals surface area contributed by atoms with Gasteiger partial charge in [0.05, 0.1) is 6.61 Å². The van der Waals surface area contributed by atoms with E-state index in [4.69, 9.17) is 21.1 Å². The molecule has 1 heterocycles. The highest BCUT2D eigenvalue weighted by Gasteiger charge is 2.21. The molecule has 3 nitrogen and oxygen atoms in total. The molecule has 2 rings (SSSR count). The van der Waals surface area contributed by atoms with Crippen LogP contribution in [0, 0.1) is 5.92 Å². The summed E-state index contributed by atoms with van der Waals surface area (Å²) in [5.41, 5.74) is 0. The molecule has 0 spiro atoms. The zero-order valence-corrected chi connectivity index (χ0v) is 12.9. The van der Waals surface area contributed by atoms with Gasteiger partial charge in [0, 0.05) is 19.0 Å². The maximum atomic E-state index is 5.85. The standard InChI is InChI=1S/C16H24ClNO2/c1-2-19-15-5-3-4-6-16(15)20-12-11-18-10-8-14(13-18)7-9-17/h3-6,14H,2,7-13H2,1H3. The summed E-state index contributed by atoms with van der Waals surface area (Å²) in [6.07, 6.45) is 2.40. The number of para-hydroxylation sites is 2. The van der Waals surface area contributed by atoms with Crippen molar-refractivity contribution in [2.24, 2.45) is 5.92 Å². The quantitative estimate of drug-likeness (QED) is 0.686. The minimum Gasteiger partial charge on any atom is -0.490 e. The molecule has 1 unspecified atom stereocenters. The molecule has 1 aliphatic rings. The van der Waals surface area contributed by atoms with Gasteiger partial charge >= 0.3 is 0 Å². The highest BCUT2D eigenvalue weighted by atomic mass is 35.5. The average molecular weight is 298 g/mol. The maximum Gasteiger partial charge on any atom is 0.161 e. The van der Waals surface area contributed by atoms with Crippen LogP contribution < -0.4 is 9.47 Å². The molecular formula is C16H24ClNO2. The zero-order chi connectivity index (χ0) is 14.2. The molecule has 1 atom stereocenters. The van der Waals surface area contributed by atoms with Crippen molar-refractivity contribution in [1.82, 2.24) is 4.90 Å². The molecule has 1 saturated heterocycles. The van der Waals surface area contributed by atoms with Crippen molar-refractivity contribution >= 4 is 11.6 Å². The van der Waals surface area contributed by atoms with E-state index in [-0.39, 0.29) is 0 Å². The van der Waals surface area contributed by atoms with Crippen molar-refractivity contribution in [2.45, 2.75) is 19.8 Å². The summed E-state index contributed by atoms with van der Waals surface area (Å²) >= 11 is 5.80. The largest absolute Gasteiger partial charge is 0.490 e. The van der Waals surface area contributed by atoms with Gasteiger partial charge in [0.15, 0.2) is 11.5 Å². The van der Waals surface area contributed by atoms with Crippen LogP contribution in [0.1, 0.15) is 19.8 Å². The van der Waals surface area contributed by atoms with E-state index in [1.165, 1.54) is 6.42 Å². The van der Waals surface area contributed by atoms with Gasteiger partial charge in [-0.2, -0.15) is 0 Å². The number of alkyl halides is 1. The summed E-state index contributed by atoms with van der Waals surface area (Å²) < 4.78 is 11.4. The number of likely N-dealkylation sites (tertiary alicyclic amines) is 1. The molecule has 0 aliphatic carbocycles. The third-order valence-electron chi connectivity index (χ3n) is 3.70. The van der Waals surface area contributed by atoms with E-state index in [0.29, 0.717) is 13.2 Å². The number of halogens is 1. The fourth-order valence-electron chi connectivity index (χ4n) is 2.63. The number of rotatable bonds is 8. The average Bonchev–Trinajstić information content (AvgIpc) is 2.89. The van der Waals surface area contributed by atoms with Gasteiger partial charge < -0.3 is 9.47 Å². The van der Waals surface area contributed by atoms with Crippen molar-refractivity contribution < 1.29 is 9.47 Å². The molecule has 4 heteroatoms. The molecule has 1 aromatic carbocycles. The predicted molar refractivity (Wildman–Crippen MR) is 83.0 cm³/mol. The van der Waals surface area contributed by atoms with Crippen molar-refractivity contribution in [3.8, 4) is 11.5 Å². The topological polar surface area (TPSA) is 21.7 Å². The minimum atomic E-state index is 0.659. The lowest BCUT2D eigenvalue weighted by Gasteiger charge is -2.17. The molecule has 112 valence electrons. The first-order chi connectivity index (χ1) is 9.83. The molecule has 1 fully saturated rings. The van der Waals surface area contributed by atoms with Crippen LogP contribution in [0.4, 0.5) is 0 Å². The second-order valence-electron chi connectivity index (χ2n) is 5.16. The fraction of sp³-hybridized carbons (Fsp3) is 0.625. The number of nitrogens with zero attached hydrogens (tertiary/aromatic N) is 1. The number of hydrogen-bond donors (Lipinski definition) is 0. The van der Waals surface area contributed by atoms with Gasteiger partial charge in [-0.3, -0.25) is 4.90 Å². The Kier molecular flexibility index (Phi) is 6.48. The van der Waals surface area contributed by atoms with Crippen LogP contribution in [-0.4, -0.2) is 43.6 Å². The Balaban J connectivity index is 1.73. The van der Waals surface area contributed by atoms with E-state index in [0.717, 1.165) is 49.4 Å². The summed E-state index contributed by atoms with van der Waals surface area (Å²) in [6.45, 7) is 6.64. The Hall–Kier alpha value is -0.930. The Morgan fingerprint density at radius 2 is 2.00 bits per heavy atom. The third kappa shape index (κ3) is 4.57. The van der Waals surface area contributed by atoms with Crippen molar-refractivity contribution in [3.63, 3.8) is 0 Å². The third-order valence-corrected chi connectivity index (χ3v) is 3.92. The Bertz CT molecular complexity index is 400. The van der Waals surface area contributed by atoms with Gasteiger partial charge in [0.2, 0.25) is 0 Å². The van der Waals surface area contributed by atoms with Crippen molar-refractivity contribution in [1.29, 1.82) is 0 Å². The van der Waals surface area contributed by atoms with Crippen molar-refractivity contribution in [3.05, 3.63) is 24.3 Å². The Labute approximate surface area is 126 Å². The van der Waals surface area contributed by atoms with E-state index in [9.17, 15) is 0 Å². The molecule has 0 amide bonds. The Morgan fingerprint density at radius 1 is 1.25 bits per heavy atom. The van der Waals surface area contributed by atoms with Crippen LogP contribution in [0.2, 0.25) is 0 Å². The number of ether oxygens (including phenoxy) is 2. The fourth-order valence-corrected chi connectivity index (χ4v) is 2.94. The van der Waals surface area contributed by atoms with Gasteiger partial charge in [-0.1, -0.05) is 12.1 Å². The van der Waals surface area contributed by atoms with Crippen LogP contribution in [0.3, 0.4) is 0 Å². The van der Waals surface area contributed by atoms with Gasteiger partial charge in [-0.05, 0) is 44.4 Å². The lowest BCUT2D eigenvalue weighted by atomic mass is 10.1. The van der Waals surface area contributed by atoms with Crippen LogP contribution >= 0.6 is 11.6 Å². The molecule has 1 aromatic rings. The van der Waals surface area contributed by atoms with Gasteiger partial charge in [-0.15, -0.1) is 11.6 Å². The minimum absolute atomic E-state index is 0.659. The molecule has 0 radical (unpaired) electrons. The van der Waals surface area contributed by atoms with E-state index >= 15 is 0 Å². The highest BCUT2D eigenvalue weighted by Crippen LogP contribution is 2.26. The highest BCUT2D eigenvalue weighted by molar-refractivity contribution is 6.17. The summed E-state index contributed by atoms with van der Waals surface area (Å²) in [4.78, 5) is 2.46. The van der Waals surface area contributed by atoms with Crippen LogP contribution in [0.5, 0.6) is 11.5 Å². The summed E-state index contributed by atoms with van der Waals surface area (Å²) in [5.74, 6) is 3.21. The normalized spacial score (nSPS) is 19.2. The van der Waals surface area contributed by atoms with Gasteiger partial charge in [0.1, 0.15) is 6.61 Å². The lowest BCUT2D eigenvalue weighted by molar-refractivity contribution is 0.222. The van der Waals surface area contributed by atoms with Gasteiger partial charge in [-0.25, -0.2) is 0 Å². The predicted octanol–water partition coefficient (Wildman–Crippen LogP) is 3.41. The number of hydrogen-bond acceptors (Lipinski definition) is 3. The maximum absolute atomic E-state index is 5.85. The first kappa shape index (κ1) is 15.5. The van der Waals surface area contributed by atoms with Crippen molar-refractivity contribution in [2.75, 3.05) is 38.7 Å². The van der Waals surface area contributed by atoms with Crippen LogP contribution in [0.25, 0.3) is 0 Å². The summed E-state index contributed by atoms with van der Waals surface area (Å²) in [6, 6.07) is 7.86. The summed E-state index contributed by atoms with van der Waals surface area (Å²) in [5, 5.41) is 0. The molecule has 0 saturated carbocycles. The van der Waals surface area contributed by atoms with E-state index in [1.807, 2.05) is 31.2 Å². The first-order valence-corrected chi connectivity index (χ1v) is 8.00. The SMILES string of the molecule is CCOc1ccccc1OCCN1CCC(CCCl)C1. The molecule has 1 aliphatic heterocycles. The lowest BCUT2D eigenvalue weighted by Crippen LogP contribution is -2.26. The first-order valence-electron chi connectivity index (χ1n) is 7.46. The van der Waals surface area contributed by atoms with Crippen LogP contribution in [0.15, 0.2) is 24.3 Å². The second-order valence-corrected chi connectivity index (χ2v) is 5.54. The molecule has 0 aromatic heterocycles. The van der Waals surface area contributed by atoms with E-state index in [1.54, 1.807) is 0 Å². The summed E-state index contributed by atoms with van der Waals surface area (Å²) in [7, 11) is 0. The van der Waals surface area contributed by atoms with Gasteiger partial charge in [0.25, 0.3) is 0 Å². The van der Waals surface area contributed by atoms with E-state index < -0.39 is 0 Å². The monoisotopic (exact) mass is 297 g/mol. The number of benzene rings is 1. The Morgan fingerprint density at radius 3 is 2.70 bits per heavy atom. The molecule has 0 bridgehead atoms. The zero-order valence-electron chi connectivity index (χ0n) is 12.2. The molecule has 20 heavy (non-hydrogen) atoms. The molecule has 0 N–H and O–H groups in total. The molecular weight excluding hydrogens is 274 g/mol. The van der Waals surface area contributed by atoms with E-state index in [2.05, 4.69) is 4.90 Å². The second kappa shape index (κ2) is 8.38. The smallest absolute Gasteiger partial charge is 0.161 e.